The number of H-pyrrole nitrogens is 1. The molecule has 150 valence electrons. The molecule has 8 heteroatoms. The van der Waals surface area contributed by atoms with Gasteiger partial charge in [-0.25, -0.2) is 4.98 Å². The number of rotatable bonds is 3. The first-order valence-electron chi connectivity index (χ1n) is 10.0. The largest absolute Gasteiger partial charge is 0.349 e. The second-order valence-electron chi connectivity index (χ2n) is 7.95. The van der Waals surface area contributed by atoms with E-state index in [0.29, 0.717) is 17.9 Å². The molecule has 29 heavy (non-hydrogen) atoms. The minimum atomic E-state index is -0.0495. The van der Waals surface area contributed by atoms with Gasteiger partial charge in [-0.3, -0.25) is 9.59 Å². The van der Waals surface area contributed by atoms with E-state index in [1.165, 1.54) is 0 Å². The molecule has 0 saturated carbocycles. The van der Waals surface area contributed by atoms with E-state index in [1.807, 2.05) is 29.1 Å². The van der Waals surface area contributed by atoms with Gasteiger partial charge in [0.1, 0.15) is 11.3 Å². The zero-order chi connectivity index (χ0) is 20.0. The summed E-state index contributed by atoms with van der Waals surface area (Å²) < 4.78 is 1.98. The van der Waals surface area contributed by atoms with Crippen molar-refractivity contribution in [3.8, 4) is 11.1 Å². The van der Waals surface area contributed by atoms with Gasteiger partial charge in [-0.1, -0.05) is 0 Å². The van der Waals surface area contributed by atoms with Crippen LogP contribution in [0.15, 0.2) is 30.7 Å². The summed E-state index contributed by atoms with van der Waals surface area (Å²) in [6.45, 7) is 3.30. The van der Waals surface area contributed by atoms with Gasteiger partial charge in [-0.05, 0) is 45.1 Å². The van der Waals surface area contributed by atoms with Crippen LogP contribution in [0.25, 0.3) is 22.2 Å². The number of nitrogens with zero attached hydrogens (tertiary/aromatic N) is 3. The number of amides is 2. The normalized spacial score (nSPS) is 17.9. The highest BCUT2D eigenvalue weighted by Crippen LogP contribution is 2.31. The lowest BCUT2D eigenvalue weighted by molar-refractivity contribution is -0.121. The van der Waals surface area contributed by atoms with Crippen LogP contribution in [0.1, 0.15) is 23.3 Å². The summed E-state index contributed by atoms with van der Waals surface area (Å²) >= 11 is 0. The monoisotopic (exact) mass is 392 g/mol. The van der Waals surface area contributed by atoms with E-state index in [4.69, 9.17) is 0 Å². The lowest BCUT2D eigenvalue weighted by Crippen LogP contribution is -2.35. The van der Waals surface area contributed by atoms with E-state index in [0.717, 1.165) is 54.6 Å². The standard InChI is InChI=1S/C21H24N6O2/c1-26-5-2-13(3-6-26)20(28)25-15-9-16-17(11-24-19(16)23-10-15)14-8-18-21(29)22-4-7-27(18)12-14/h8-13H,2-7H2,1H3,(H,22,29)(H,23,24)(H,25,28). The Morgan fingerprint density at radius 2 is 2.07 bits per heavy atom. The fourth-order valence-corrected chi connectivity index (χ4v) is 4.24. The van der Waals surface area contributed by atoms with Gasteiger partial charge in [-0.15, -0.1) is 0 Å². The number of carbonyl (C=O) groups is 2. The molecule has 0 aromatic carbocycles. The third-order valence-corrected chi connectivity index (χ3v) is 5.97. The molecule has 2 amide bonds. The van der Waals surface area contributed by atoms with Crippen LogP contribution < -0.4 is 10.6 Å². The number of nitrogens with one attached hydrogen (secondary N) is 3. The summed E-state index contributed by atoms with van der Waals surface area (Å²) in [5, 5.41) is 6.83. The number of carbonyl (C=O) groups excluding carboxylic acids is 2. The van der Waals surface area contributed by atoms with Gasteiger partial charge in [0.05, 0.1) is 11.9 Å². The number of pyridine rings is 1. The number of anilines is 1. The molecule has 1 saturated heterocycles. The van der Waals surface area contributed by atoms with E-state index in [2.05, 4.69) is 32.5 Å². The minimum absolute atomic E-state index is 0.0457. The molecule has 0 bridgehead atoms. The molecule has 8 nitrogen and oxygen atoms in total. The number of hydrogen-bond donors (Lipinski definition) is 3. The van der Waals surface area contributed by atoms with Crippen LogP contribution in [-0.4, -0.2) is 57.9 Å². The zero-order valence-corrected chi connectivity index (χ0v) is 16.4. The van der Waals surface area contributed by atoms with E-state index >= 15 is 0 Å². The van der Waals surface area contributed by atoms with Crippen LogP contribution in [-0.2, 0) is 11.3 Å². The highest BCUT2D eigenvalue weighted by molar-refractivity contribution is 6.00. The van der Waals surface area contributed by atoms with Gasteiger partial charge in [0.25, 0.3) is 5.91 Å². The predicted octanol–water partition coefficient (Wildman–Crippen LogP) is 2.06. The zero-order valence-electron chi connectivity index (χ0n) is 16.4. The second kappa shape index (κ2) is 7.04. The Morgan fingerprint density at radius 3 is 2.86 bits per heavy atom. The highest BCUT2D eigenvalue weighted by Gasteiger charge is 2.24. The predicted molar refractivity (Wildman–Crippen MR) is 111 cm³/mol. The van der Waals surface area contributed by atoms with Crippen molar-refractivity contribution in [3.63, 3.8) is 0 Å². The maximum absolute atomic E-state index is 12.7. The lowest BCUT2D eigenvalue weighted by Gasteiger charge is -2.28. The average molecular weight is 392 g/mol. The minimum Gasteiger partial charge on any atom is -0.349 e. The second-order valence-corrected chi connectivity index (χ2v) is 7.95. The van der Waals surface area contributed by atoms with Crippen molar-refractivity contribution in [1.29, 1.82) is 0 Å². The molecule has 1 fully saturated rings. The first-order chi connectivity index (χ1) is 14.1. The number of aromatic nitrogens is 3. The number of hydrogen-bond acceptors (Lipinski definition) is 4. The molecule has 0 spiro atoms. The quantitative estimate of drug-likeness (QED) is 0.636. The molecule has 0 unspecified atom stereocenters. The Labute approximate surface area is 168 Å². The third-order valence-electron chi connectivity index (χ3n) is 5.97. The Bertz CT molecular complexity index is 1090. The van der Waals surface area contributed by atoms with Gasteiger partial charge >= 0.3 is 0 Å². The first-order valence-corrected chi connectivity index (χ1v) is 10.0. The van der Waals surface area contributed by atoms with Crippen LogP contribution in [0, 0.1) is 5.92 Å². The van der Waals surface area contributed by atoms with Gasteiger partial charge in [0, 0.05) is 47.9 Å². The molecule has 5 heterocycles. The van der Waals surface area contributed by atoms with Crippen molar-refractivity contribution >= 4 is 28.5 Å². The van der Waals surface area contributed by atoms with E-state index in [-0.39, 0.29) is 17.7 Å². The number of likely N-dealkylation sites (tertiary alicyclic amines) is 1. The Hall–Kier alpha value is -3.13. The molecular formula is C21H24N6O2. The van der Waals surface area contributed by atoms with E-state index in [1.54, 1.807) is 6.20 Å². The lowest BCUT2D eigenvalue weighted by atomic mass is 9.96. The number of fused-ring (bicyclic) bond motifs is 2. The topological polar surface area (TPSA) is 95.1 Å². The molecule has 3 N–H and O–H groups in total. The number of aromatic amines is 1. The summed E-state index contributed by atoms with van der Waals surface area (Å²) in [5.41, 5.74) is 4.05. The summed E-state index contributed by atoms with van der Waals surface area (Å²) in [6, 6.07) is 3.86. The fraction of sp³-hybridized carbons (Fsp3) is 0.381. The van der Waals surface area contributed by atoms with Crippen molar-refractivity contribution in [3.05, 3.63) is 36.4 Å². The van der Waals surface area contributed by atoms with Crippen LogP contribution >= 0.6 is 0 Å². The molecule has 0 atom stereocenters. The molecule has 2 aliphatic rings. The van der Waals surface area contributed by atoms with Gasteiger partial charge in [0.2, 0.25) is 5.91 Å². The summed E-state index contributed by atoms with van der Waals surface area (Å²) in [6.07, 6.45) is 7.35. The highest BCUT2D eigenvalue weighted by atomic mass is 16.2. The first kappa shape index (κ1) is 17.9. The van der Waals surface area contributed by atoms with E-state index in [9.17, 15) is 9.59 Å². The van der Waals surface area contributed by atoms with Gasteiger partial charge < -0.3 is 25.1 Å². The molecule has 3 aromatic heterocycles. The van der Waals surface area contributed by atoms with Crippen molar-refractivity contribution in [2.45, 2.75) is 19.4 Å². The number of piperidine rings is 1. The third kappa shape index (κ3) is 3.29. The van der Waals surface area contributed by atoms with Crippen molar-refractivity contribution < 1.29 is 9.59 Å². The molecule has 3 aromatic rings. The summed E-state index contributed by atoms with van der Waals surface area (Å²) in [7, 11) is 2.09. The summed E-state index contributed by atoms with van der Waals surface area (Å²) in [5.74, 6) is 0.0585. The molecule has 0 radical (unpaired) electrons. The molecular weight excluding hydrogens is 368 g/mol. The summed E-state index contributed by atoms with van der Waals surface area (Å²) in [4.78, 5) is 34.6. The van der Waals surface area contributed by atoms with Crippen LogP contribution in [0.4, 0.5) is 5.69 Å². The SMILES string of the molecule is CN1CCC(C(=O)Nc2cnc3[nH]cc(-c4cc5n(c4)CCNC5=O)c3c2)CC1. The van der Waals surface area contributed by atoms with Crippen LogP contribution in [0.3, 0.4) is 0 Å². The van der Waals surface area contributed by atoms with E-state index < -0.39 is 0 Å². The molecule has 5 rings (SSSR count). The maximum Gasteiger partial charge on any atom is 0.267 e. The van der Waals surface area contributed by atoms with Crippen LogP contribution in [0.5, 0.6) is 0 Å². The Kier molecular flexibility index (Phi) is 4.35. The maximum atomic E-state index is 12.7. The van der Waals surface area contributed by atoms with Crippen molar-refractivity contribution in [1.82, 2.24) is 24.8 Å². The van der Waals surface area contributed by atoms with Crippen molar-refractivity contribution in [2.75, 3.05) is 32.0 Å². The van der Waals surface area contributed by atoms with Gasteiger partial charge in [0.15, 0.2) is 0 Å². The van der Waals surface area contributed by atoms with Crippen molar-refractivity contribution in [2.24, 2.45) is 5.92 Å². The Morgan fingerprint density at radius 1 is 1.24 bits per heavy atom. The smallest absolute Gasteiger partial charge is 0.267 e. The average Bonchev–Trinajstić information content (AvgIpc) is 3.33. The fourth-order valence-electron chi connectivity index (χ4n) is 4.24. The molecule has 0 aliphatic carbocycles. The Balaban J connectivity index is 1.42. The van der Waals surface area contributed by atoms with Crippen LogP contribution in [0.2, 0.25) is 0 Å². The molecule has 2 aliphatic heterocycles. The van der Waals surface area contributed by atoms with Gasteiger partial charge in [-0.2, -0.15) is 0 Å².